The number of pyridine rings is 1. The average molecular weight is 306 g/mol. The first-order chi connectivity index (χ1) is 9.85. The third kappa shape index (κ3) is 3.16. The molecule has 0 saturated carbocycles. The van der Waals surface area contributed by atoms with Crippen molar-refractivity contribution in [3.63, 3.8) is 0 Å². The van der Waals surface area contributed by atoms with Crippen LogP contribution in [0.2, 0.25) is 0 Å². The first-order valence-electron chi connectivity index (χ1n) is 6.42. The van der Waals surface area contributed by atoms with Gasteiger partial charge >= 0.3 is 0 Å². The van der Waals surface area contributed by atoms with Gasteiger partial charge in [0.2, 0.25) is 0 Å². The highest BCUT2D eigenvalue weighted by molar-refractivity contribution is 7.90. The van der Waals surface area contributed by atoms with Gasteiger partial charge in [0.25, 0.3) is 0 Å². The largest absolute Gasteiger partial charge is 0.496 e. The molecule has 0 bridgehead atoms. The summed E-state index contributed by atoms with van der Waals surface area (Å²) in [5, 5.41) is 0. The lowest BCUT2D eigenvalue weighted by Crippen LogP contribution is -2.09. The topological polar surface area (TPSA) is 82.3 Å². The monoisotopic (exact) mass is 306 g/mol. The molecule has 112 valence electrons. The number of anilines is 1. The molecule has 5 nitrogen and oxygen atoms in total. The van der Waals surface area contributed by atoms with E-state index in [9.17, 15) is 8.42 Å². The van der Waals surface area contributed by atoms with Crippen molar-refractivity contribution in [1.82, 2.24) is 4.98 Å². The van der Waals surface area contributed by atoms with Crippen molar-refractivity contribution in [2.24, 2.45) is 0 Å². The lowest BCUT2D eigenvalue weighted by atomic mass is 10.1. The molecule has 1 aromatic heterocycles. The Morgan fingerprint density at radius 3 is 2.38 bits per heavy atom. The molecule has 0 amide bonds. The molecule has 0 aliphatic rings. The van der Waals surface area contributed by atoms with E-state index < -0.39 is 9.84 Å². The Morgan fingerprint density at radius 1 is 1.19 bits per heavy atom. The van der Waals surface area contributed by atoms with Gasteiger partial charge in [-0.15, -0.1) is 0 Å². The zero-order valence-corrected chi connectivity index (χ0v) is 13.1. The van der Waals surface area contributed by atoms with Crippen LogP contribution < -0.4 is 10.5 Å². The van der Waals surface area contributed by atoms with Crippen molar-refractivity contribution >= 4 is 15.5 Å². The molecular formula is C15H18N2O3S. The molecule has 21 heavy (non-hydrogen) atoms. The summed E-state index contributed by atoms with van der Waals surface area (Å²) in [6.07, 6.45) is 1.62. The molecule has 0 atom stereocenters. The Morgan fingerprint density at radius 2 is 1.81 bits per heavy atom. The average Bonchev–Trinajstić information content (AvgIpc) is 2.43. The molecule has 1 heterocycles. The zero-order chi connectivity index (χ0) is 15.6. The molecule has 2 N–H and O–H groups in total. The molecule has 0 aliphatic heterocycles. The number of aromatic nitrogens is 1. The van der Waals surface area contributed by atoms with Crippen LogP contribution in [0.3, 0.4) is 0 Å². The van der Waals surface area contributed by atoms with Crippen LogP contribution in [0, 0.1) is 13.8 Å². The van der Waals surface area contributed by atoms with Crippen LogP contribution in [0.4, 0.5) is 5.69 Å². The van der Waals surface area contributed by atoms with Gasteiger partial charge in [-0.25, -0.2) is 8.42 Å². The Balaban J connectivity index is 2.39. The van der Waals surface area contributed by atoms with E-state index in [1.54, 1.807) is 25.4 Å². The highest BCUT2D eigenvalue weighted by atomic mass is 32.2. The lowest BCUT2D eigenvalue weighted by Gasteiger charge is -2.12. The number of hydrogen-bond donors (Lipinski definition) is 1. The van der Waals surface area contributed by atoms with E-state index in [0.29, 0.717) is 17.1 Å². The fourth-order valence-corrected chi connectivity index (χ4v) is 3.52. The minimum atomic E-state index is -3.46. The fraction of sp³-hybridized carbons (Fsp3) is 0.267. The van der Waals surface area contributed by atoms with Crippen LogP contribution in [-0.4, -0.2) is 20.5 Å². The van der Waals surface area contributed by atoms with Crippen LogP contribution in [0.5, 0.6) is 5.75 Å². The van der Waals surface area contributed by atoms with Gasteiger partial charge in [-0.3, -0.25) is 4.98 Å². The molecule has 0 aliphatic carbocycles. The maximum absolute atomic E-state index is 12.4. The highest BCUT2D eigenvalue weighted by Crippen LogP contribution is 2.26. The molecule has 1 aromatic carbocycles. The van der Waals surface area contributed by atoms with E-state index >= 15 is 0 Å². The smallest absolute Gasteiger partial charge is 0.184 e. The van der Waals surface area contributed by atoms with Gasteiger partial charge in [-0.1, -0.05) is 0 Å². The quantitative estimate of drug-likeness (QED) is 0.876. The predicted molar refractivity (Wildman–Crippen MR) is 82.0 cm³/mol. The highest BCUT2D eigenvalue weighted by Gasteiger charge is 2.19. The second kappa shape index (κ2) is 5.73. The van der Waals surface area contributed by atoms with Gasteiger partial charge < -0.3 is 10.5 Å². The number of ether oxygens (including phenoxy) is 1. The van der Waals surface area contributed by atoms with Crippen molar-refractivity contribution in [1.29, 1.82) is 0 Å². The van der Waals surface area contributed by atoms with E-state index in [4.69, 9.17) is 10.5 Å². The Kier molecular flexibility index (Phi) is 4.18. The number of hydrogen-bond acceptors (Lipinski definition) is 5. The normalized spacial score (nSPS) is 11.4. The summed E-state index contributed by atoms with van der Waals surface area (Å²) in [7, 11) is -1.90. The minimum absolute atomic E-state index is 0.167. The Hall–Kier alpha value is -2.08. The molecule has 0 fully saturated rings. The number of nitrogens with zero attached hydrogens (tertiary/aromatic N) is 1. The molecule has 0 unspecified atom stereocenters. The van der Waals surface area contributed by atoms with E-state index in [-0.39, 0.29) is 10.6 Å². The minimum Gasteiger partial charge on any atom is -0.496 e. The molecule has 0 radical (unpaired) electrons. The van der Waals surface area contributed by atoms with E-state index in [1.165, 1.54) is 12.1 Å². The first kappa shape index (κ1) is 15.3. The molecule has 0 saturated heterocycles. The number of nitrogens with two attached hydrogens (primary N) is 1. The van der Waals surface area contributed by atoms with Crippen LogP contribution in [0.25, 0.3) is 0 Å². The maximum atomic E-state index is 12.4. The summed E-state index contributed by atoms with van der Waals surface area (Å²) in [5.74, 6) is 0.506. The fourth-order valence-electron chi connectivity index (χ4n) is 2.16. The third-order valence-corrected chi connectivity index (χ3v) is 4.96. The standard InChI is InChI=1S/C15H18N2O3S/c1-10-8-17-14(11(2)15(10)20-3)9-21(18,19)13-6-4-12(16)5-7-13/h4-8H,9,16H2,1-3H3. The number of sulfone groups is 1. The van der Waals surface area contributed by atoms with Crippen molar-refractivity contribution in [3.8, 4) is 5.75 Å². The maximum Gasteiger partial charge on any atom is 0.184 e. The van der Waals surface area contributed by atoms with Crippen molar-refractivity contribution in [2.75, 3.05) is 12.8 Å². The molecular weight excluding hydrogens is 288 g/mol. The van der Waals surface area contributed by atoms with Crippen molar-refractivity contribution < 1.29 is 13.2 Å². The third-order valence-electron chi connectivity index (χ3n) is 3.32. The number of nitrogen functional groups attached to an aromatic ring is 1. The summed E-state index contributed by atoms with van der Waals surface area (Å²) < 4.78 is 30.2. The number of aryl methyl sites for hydroxylation is 1. The van der Waals surface area contributed by atoms with Crippen LogP contribution >= 0.6 is 0 Å². The summed E-state index contributed by atoms with van der Waals surface area (Å²) >= 11 is 0. The Bertz CT molecular complexity index is 753. The second-order valence-corrected chi connectivity index (χ2v) is 6.86. The van der Waals surface area contributed by atoms with Gasteiger partial charge in [0.1, 0.15) is 5.75 Å². The zero-order valence-electron chi connectivity index (χ0n) is 12.3. The van der Waals surface area contributed by atoms with E-state index in [0.717, 1.165) is 11.1 Å². The van der Waals surface area contributed by atoms with Gasteiger partial charge in [0, 0.05) is 23.0 Å². The molecule has 2 aromatic rings. The Labute approximate surface area is 124 Å². The van der Waals surface area contributed by atoms with Crippen LogP contribution in [0.15, 0.2) is 35.4 Å². The number of methoxy groups -OCH3 is 1. The van der Waals surface area contributed by atoms with Crippen molar-refractivity contribution in [3.05, 3.63) is 47.3 Å². The second-order valence-electron chi connectivity index (χ2n) is 4.87. The SMILES string of the molecule is COc1c(C)cnc(CS(=O)(=O)c2ccc(N)cc2)c1C. The molecule has 6 heteroatoms. The van der Waals surface area contributed by atoms with Gasteiger partial charge in [-0.2, -0.15) is 0 Å². The lowest BCUT2D eigenvalue weighted by molar-refractivity contribution is 0.407. The van der Waals surface area contributed by atoms with Crippen LogP contribution in [-0.2, 0) is 15.6 Å². The number of benzene rings is 1. The van der Waals surface area contributed by atoms with Gasteiger partial charge in [0.15, 0.2) is 9.84 Å². The summed E-state index contributed by atoms with van der Waals surface area (Å²) in [6.45, 7) is 3.68. The molecule has 0 spiro atoms. The van der Waals surface area contributed by atoms with Gasteiger partial charge in [-0.05, 0) is 38.1 Å². The molecule has 2 rings (SSSR count). The summed E-state index contributed by atoms with van der Waals surface area (Å²) in [5.41, 5.74) is 8.23. The number of rotatable bonds is 4. The predicted octanol–water partition coefficient (Wildman–Crippen LogP) is 2.26. The van der Waals surface area contributed by atoms with Crippen molar-refractivity contribution in [2.45, 2.75) is 24.5 Å². The summed E-state index contributed by atoms with van der Waals surface area (Å²) in [4.78, 5) is 4.46. The first-order valence-corrected chi connectivity index (χ1v) is 8.07. The van der Waals surface area contributed by atoms with Gasteiger partial charge in [0.05, 0.1) is 23.5 Å². The van der Waals surface area contributed by atoms with E-state index in [2.05, 4.69) is 4.98 Å². The summed E-state index contributed by atoms with van der Waals surface area (Å²) in [6, 6.07) is 6.16. The van der Waals surface area contributed by atoms with E-state index in [1.807, 2.05) is 13.8 Å². The van der Waals surface area contributed by atoms with Crippen LogP contribution in [0.1, 0.15) is 16.8 Å².